The van der Waals surface area contributed by atoms with E-state index in [4.69, 9.17) is 4.74 Å². The second-order valence-electron chi connectivity index (χ2n) is 4.19. The van der Waals surface area contributed by atoms with Gasteiger partial charge in [0.1, 0.15) is 11.1 Å². The van der Waals surface area contributed by atoms with Crippen molar-refractivity contribution in [3.05, 3.63) is 11.1 Å². The third-order valence-electron chi connectivity index (χ3n) is 2.84. The molecule has 1 amide bonds. The minimum absolute atomic E-state index is 0. The molecule has 2 unspecified atom stereocenters. The Bertz CT molecular complexity index is 466. The van der Waals surface area contributed by atoms with E-state index < -0.39 is 30.8 Å². The number of ether oxygens (including phenoxy) is 2. The fraction of sp³-hybridized carbons (Fsp3) is 0.545. The molecule has 9 heteroatoms. The summed E-state index contributed by atoms with van der Waals surface area (Å²) >= 11 is 1.28. The van der Waals surface area contributed by atoms with Crippen LogP contribution in [0, 0.1) is 5.92 Å². The molecule has 0 aromatic heterocycles. The average molecular weight is 311 g/mol. The van der Waals surface area contributed by atoms with Crippen LogP contribution in [0.4, 0.5) is 0 Å². The number of amides is 1. The van der Waals surface area contributed by atoms with Crippen LogP contribution in [0.25, 0.3) is 0 Å². The number of aliphatic hydroxyl groups excluding tert-OH is 1. The second kappa shape index (κ2) is 6.95. The van der Waals surface area contributed by atoms with Crippen molar-refractivity contribution in [2.75, 3.05) is 6.79 Å². The molecule has 0 bridgehead atoms. The Balaban J connectivity index is 0.00000200. The van der Waals surface area contributed by atoms with E-state index in [0.29, 0.717) is 0 Å². The van der Waals surface area contributed by atoms with Crippen molar-refractivity contribution in [3.63, 3.8) is 0 Å². The van der Waals surface area contributed by atoms with Gasteiger partial charge < -0.3 is 14.6 Å². The molecule has 7 nitrogen and oxygen atoms in total. The molecule has 2 aliphatic rings. The summed E-state index contributed by atoms with van der Waals surface area (Å²) in [5.74, 6) is -2.09. The quantitative estimate of drug-likeness (QED) is 0.313. The molecule has 2 rings (SSSR count). The number of rotatable bonds is 4. The zero-order chi connectivity index (χ0) is 14.2. The number of nitrogens with zero attached hydrogens (tertiary/aromatic N) is 1. The Labute approximate surface area is 141 Å². The summed E-state index contributed by atoms with van der Waals surface area (Å²) in [6.45, 7) is 2.25. The first-order valence-corrected chi connectivity index (χ1v) is 6.55. The number of carbonyl (C=O) groups excluding carboxylic acids is 3. The summed E-state index contributed by atoms with van der Waals surface area (Å²) in [6.07, 6.45) is -0.758. The number of esters is 2. The predicted molar refractivity (Wildman–Crippen MR) is 71.4 cm³/mol. The molecule has 106 valence electrons. The molecule has 0 aliphatic carbocycles. The third kappa shape index (κ3) is 3.20. The van der Waals surface area contributed by atoms with Crippen molar-refractivity contribution in [3.8, 4) is 0 Å². The SMILES string of the molecule is CC(=O)OCOC(=O)C1=CS[C@@H]2C(C(C)O)C(=O)N12.[NaH]. The van der Waals surface area contributed by atoms with Gasteiger partial charge in [0, 0.05) is 12.3 Å². The topological polar surface area (TPSA) is 93.1 Å². The van der Waals surface area contributed by atoms with E-state index in [1.807, 2.05) is 0 Å². The van der Waals surface area contributed by atoms with Gasteiger partial charge in [-0.05, 0) is 6.92 Å². The van der Waals surface area contributed by atoms with Gasteiger partial charge in [-0.2, -0.15) is 0 Å². The summed E-state index contributed by atoms with van der Waals surface area (Å²) in [5, 5.41) is 10.7. The van der Waals surface area contributed by atoms with Gasteiger partial charge >= 0.3 is 41.5 Å². The molecule has 0 aromatic rings. The van der Waals surface area contributed by atoms with Crippen LogP contribution in [-0.4, -0.2) is 75.7 Å². The summed E-state index contributed by atoms with van der Waals surface area (Å²) in [4.78, 5) is 35.3. The van der Waals surface area contributed by atoms with Gasteiger partial charge in [-0.15, -0.1) is 11.8 Å². The Morgan fingerprint density at radius 3 is 2.70 bits per heavy atom. The Morgan fingerprint density at radius 1 is 1.50 bits per heavy atom. The third-order valence-corrected chi connectivity index (χ3v) is 3.99. The van der Waals surface area contributed by atoms with E-state index in [1.165, 1.54) is 35.9 Å². The minimum atomic E-state index is -0.758. The van der Waals surface area contributed by atoms with Crippen LogP contribution in [0.3, 0.4) is 0 Å². The molecular formula is C11H14NNaO6S. The van der Waals surface area contributed by atoms with E-state index in [-0.39, 0.29) is 46.5 Å². The molecule has 1 N–H and O–H groups in total. The molecule has 1 fully saturated rings. The number of β-lactam (4-membered cyclic amide) rings is 1. The predicted octanol–water partition coefficient (Wildman–Crippen LogP) is -0.845. The number of hydrogen-bond acceptors (Lipinski definition) is 7. The van der Waals surface area contributed by atoms with Crippen LogP contribution in [0.15, 0.2) is 11.1 Å². The molecule has 3 atom stereocenters. The summed E-state index contributed by atoms with van der Waals surface area (Å²) in [7, 11) is 0. The molecule has 0 spiro atoms. The van der Waals surface area contributed by atoms with Crippen LogP contribution < -0.4 is 0 Å². The zero-order valence-electron chi connectivity index (χ0n) is 10.4. The van der Waals surface area contributed by atoms with E-state index in [2.05, 4.69) is 4.74 Å². The first-order chi connectivity index (χ1) is 8.93. The van der Waals surface area contributed by atoms with Crippen molar-refractivity contribution >= 4 is 59.2 Å². The normalized spacial score (nSPS) is 24.9. The molecule has 2 aliphatic heterocycles. The molecule has 1 saturated heterocycles. The molecule has 0 saturated carbocycles. The van der Waals surface area contributed by atoms with E-state index >= 15 is 0 Å². The Morgan fingerprint density at radius 2 is 2.15 bits per heavy atom. The van der Waals surface area contributed by atoms with Crippen molar-refractivity contribution in [2.24, 2.45) is 5.92 Å². The molecule has 20 heavy (non-hydrogen) atoms. The molecule has 0 radical (unpaired) electrons. The zero-order valence-corrected chi connectivity index (χ0v) is 11.2. The van der Waals surface area contributed by atoms with Gasteiger partial charge in [-0.1, -0.05) is 0 Å². The van der Waals surface area contributed by atoms with Gasteiger partial charge in [0.15, 0.2) is 0 Å². The van der Waals surface area contributed by atoms with Gasteiger partial charge in [0.2, 0.25) is 12.7 Å². The van der Waals surface area contributed by atoms with Gasteiger partial charge in [-0.3, -0.25) is 14.5 Å². The maximum absolute atomic E-state index is 11.8. The second-order valence-corrected chi connectivity index (χ2v) is 5.18. The van der Waals surface area contributed by atoms with Crippen LogP contribution >= 0.6 is 11.8 Å². The Kier molecular flexibility index (Phi) is 6.08. The van der Waals surface area contributed by atoms with Gasteiger partial charge in [-0.25, -0.2) is 4.79 Å². The van der Waals surface area contributed by atoms with Crippen LogP contribution in [0.2, 0.25) is 0 Å². The van der Waals surface area contributed by atoms with Crippen molar-refractivity contribution in [1.82, 2.24) is 4.90 Å². The van der Waals surface area contributed by atoms with Gasteiger partial charge in [0.25, 0.3) is 0 Å². The molecule has 2 heterocycles. The fourth-order valence-electron chi connectivity index (χ4n) is 1.91. The van der Waals surface area contributed by atoms with Crippen LogP contribution in [0.1, 0.15) is 13.8 Å². The maximum atomic E-state index is 11.8. The van der Waals surface area contributed by atoms with Crippen LogP contribution in [-0.2, 0) is 23.9 Å². The van der Waals surface area contributed by atoms with Gasteiger partial charge in [0.05, 0.1) is 12.0 Å². The first kappa shape index (κ1) is 17.5. The summed E-state index contributed by atoms with van der Waals surface area (Å²) in [6, 6.07) is 0. The fourth-order valence-corrected chi connectivity index (χ4v) is 3.24. The number of hydrogen-bond donors (Lipinski definition) is 1. The van der Waals surface area contributed by atoms with Crippen molar-refractivity contribution in [2.45, 2.75) is 25.3 Å². The van der Waals surface area contributed by atoms with Crippen LogP contribution in [0.5, 0.6) is 0 Å². The summed E-state index contributed by atoms with van der Waals surface area (Å²) in [5.41, 5.74) is 0.115. The average Bonchev–Trinajstić information content (AvgIpc) is 2.67. The standard InChI is InChI=1S/C11H13NO6S.Na.H/c1-5(13)8-9(15)12-7(3-19-10(8)12)11(16)18-4-17-6(2)14;;/h3,5,8,10,13H,4H2,1-2H3;;/t5?,8?,10-;;/m1../s1. The number of fused-ring (bicyclic) bond motifs is 1. The first-order valence-electron chi connectivity index (χ1n) is 5.60. The van der Waals surface area contributed by atoms with E-state index in [9.17, 15) is 19.5 Å². The number of carbonyl (C=O) groups is 3. The molecule has 0 aromatic carbocycles. The Hall–Kier alpha value is -0.540. The van der Waals surface area contributed by atoms with Crippen molar-refractivity contribution < 1.29 is 29.0 Å². The number of aliphatic hydroxyl groups is 1. The van der Waals surface area contributed by atoms with E-state index in [1.54, 1.807) is 0 Å². The summed E-state index contributed by atoms with van der Waals surface area (Å²) < 4.78 is 9.19. The monoisotopic (exact) mass is 311 g/mol. The van der Waals surface area contributed by atoms with E-state index in [0.717, 1.165) is 0 Å². The molecular weight excluding hydrogens is 297 g/mol. The number of thioether (sulfide) groups is 1. The van der Waals surface area contributed by atoms with Crippen molar-refractivity contribution in [1.29, 1.82) is 0 Å².